The van der Waals surface area contributed by atoms with Crippen molar-refractivity contribution in [2.75, 3.05) is 46.3 Å². The van der Waals surface area contributed by atoms with Crippen molar-refractivity contribution in [1.82, 2.24) is 33.7 Å². The van der Waals surface area contributed by atoms with Crippen molar-refractivity contribution < 1.29 is 18.0 Å². The minimum atomic E-state index is -3.61. The van der Waals surface area contributed by atoms with Gasteiger partial charge in [-0.15, -0.1) is 0 Å². The lowest BCUT2D eigenvalue weighted by Crippen LogP contribution is -2.53. The molecule has 12 nitrogen and oxygen atoms in total. The van der Waals surface area contributed by atoms with E-state index in [0.717, 1.165) is 11.1 Å². The maximum absolute atomic E-state index is 14.8. The summed E-state index contributed by atoms with van der Waals surface area (Å²) in [7, 11) is -1.62. The van der Waals surface area contributed by atoms with E-state index in [4.69, 9.17) is 0 Å². The van der Waals surface area contributed by atoms with E-state index in [2.05, 4.69) is 26.3 Å². The Hall–Kier alpha value is -4.48. The van der Waals surface area contributed by atoms with Gasteiger partial charge in [0, 0.05) is 106 Å². The average Bonchev–Trinajstić information content (AvgIpc) is 3.41. The first-order valence-electron chi connectivity index (χ1n) is 15.8. The Balaban J connectivity index is 1.21. The van der Waals surface area contributed by atoms with Crippen molar-refractivity contribution in [3.63, 3.8) is 0 Å². The molecule has 1 amide bonds. The summed E-state index contributed by atoms with van der Waals surface area (Å²) in [6.07, 6.45) is 8.93. The highest BCUT2D eigenvalue weighted by molar-refractivity contribution is 7.86. The van der Waals surface area contributed by atoms with Gasteiger partial charge in [0.15, 0.2) is 5.78 Å². The number of aromatic nitrogens is 2. The molecule has 0 bridgehead atoms. The zero-order valence-corrected chi connectivity index (χ0v) is 26.9. The number of hydrogen-bond donors (Lipinski definition) is 1. The predicted molar refractivity (Wildman–Crippen MR) is 172 cm³/mol. The van der Waals surface area contributed by atoms with Gasteiger partial charge in [0.2, 0.25) is 0 Å². The zero-order valence-electron chi connectivity index (χ0n) is 26.1. The number of amides is 1. The van der Waals surface area contributed by atoms with E-state index in [9.17, 15) is 23.3 Å². The summed E-state index contributed by atoms with van der Waals surface area (Å²) in [4.78, 5) is 40.5. The summed E-state index contributed by atoms with van der Waals surface area (Å²) in [6.45, 7) is 2.95. The van der Waals surface area contributed by atoms with Crippen LogP contribution in [0.2, 0.25) is 0 Å². The number of rotatable bonds is 9. The number of benzene rings is 1. The van der Waals surface area contributed by atoms with Crippen LogP contribution in [0.25, 0.3) is 0 Å². The molecule has 3 saturated heterocycles. The van der Waals surface area contributed by atoms with E-state index in [1.54, 1.807) is 62.6 Å². The van der Waals surface area contributed by atoms with Crippen molar-refractivity contribution >= 4 is 21.9 Å². The molecule has 0 spiro atoms. The molecule has 0 radical (unpaired) electrons. The number of pyridine rings is 2. The van der Waals surface area contributed by atoms with Crippen LogP contribution in [0.15, 0.2) is 85.2 Å². The molecule has 3 aromatic rings. The number of allylic oxidation sites excluding steroid dienone is 1. The van der Waals surface area contributed by atoms with Gasteiger partial charge in [-0.3, -0.25) is 24.5 Å². The van der Waals surface area contributed by atoms with E-state index in [1.807, 2.05) is 31.3 Å². The van der Waals surface area contributed by atoms with Gasteiger partial charge in [0.25, 0.3) is 16.1 Å². The van der Waals surface area contributed by atoms with Crippen LogP contribution in [0, 0.1) is 23.2 Å². The fraction of sp³-hybridized carbons (Fsp3) is 0.382. The highest BCUT2D eigenvalue weighted by Crippen LogP contribution is 2.53. The lowest BCUT2D eigenvalue weighted by atomic mass is 9.85. The fourth-order valence-electron chi connectivity index (χ4n) is 7.23. The summed E-state index contributed by atoms with van der Waals surface area (Å²) in [5.41, 5.74) is 1.56. The minimum Gasteiger partial charge on any atom is -0.357 e. The van der Waals surface area contributed by atoms with E-state index < -0.39 is 15.7 Å². The second-order valence-electron chi connectivity index (χ2n) is 12.9. The van der Waals surface area contributed by atoms with E-state index >= 15 is 0 Å². The number of piperidine rings is 1. The normalized spacial score (nSPS) is 25.4. The Bertz CT molecular complexity index is 1780. The fourth-order valence-corrected chi connectivity index (χ4v) is 8.90. The topological polar surface area (TPSA) is 143 Å². The van der Waals surface area contributed by atoms with Crippen LogP contribution in [0.5, 0.6) is 0 Å². The predicted octanol–water partition coefficient (Wildman–Crippen LogP) is 1.45. The van der Waals surface area contributed by atoms with Crippen molar-refractivity contribution in [2.45, 2.75) is 24.4 Å². The van der Waals surface area contributed by atoms with Crippen molar-refractivity contribution in [1.29, 1.82) is 5.26 Å². The summed E-state index contributed by atoms with van der Waals surface area (Å²) in [6, 6.07) is 15.7. The van der Waals surface area contributed by atoms with Gasteiger partial charge < -0.3 is 10.2 Å². The molecule has 7 rings (SSSR count). The highest BCUT2D eigenvalue weighted by Gasteiger charge is 2.66. The Morgan fingerprint density at radius 2 is 1.47 bits per heavy atom. The molecule has 1 aliphatic carbocycles. The lowest BCUT2D eigenvalue weighted by Gasteiger charge is -2.35. The molecule has 2 atom stereocenters. The quantitative estimate of drug-likeness (QED) is 0.269. The first-order valence-corrected chi connectivity index (χ1v) is 17.2. The molecule has 242 valence electrons. The smallest absolute Gasteiger partial charge is 0.282 e. The number of likely N-dealkylation sites (N-methyl/N-ethyl adjacent to an activating group) is 1. The molecule has 1 N–H and O–H groups in total. The average molecular weight is 653 g/mol. The summed E-state index contributed by atoms with van der Waals surface area (Å²) < 4.78 is 30.2. The SMILES string of the molecule is CN1CCN(S(=O)(=O)N2CC3C(C2)C3N2C(=O)C(Cc3ccncc3)(Cc3ccncc3)NC2=CC(=O)c2ccc(C#N)cc2)CC1. The van der Waals surface area contributed by atoms with Crippen LogP contribution in [0.3, 0.4) is 0 Å². The summed E-state index contributed by atoms with van der Waals surface area (Å²) in [5, 5.41) is 12.7. The number of ketones is 1. The molecule has 3 aliphatic heterocycles. The van der Waals surface area contributed by atoms with E-state index in [-0.39, 0.29) is 29.6 Å². The number of piperazine rings is 1. The van der Waals surface area contributed by atoms with Crippen LogP contribution in [-0.2, 0) is 27.8 Å². The molecule has 1 aromatic carbocycles. The molecule has 4 fully saturated rings. The minimum absolute atomic E-state index is 0.0472. The third-order valence-electron chi connectivity index (χ3n) is 9.86. The van der Waals surface area contributed by atoms with Crippen molar-refractivity contribution in [3.05, 3.63) is 107 Å². The first-order chi connectivity index (χ1) is 22.7. The third-order valence-corrected chi connectivity index (χ3v) is 11.8. The van der Waals surface area contributed by atoms with Crippen LogP contribution in [0.4, 0.5) is 0 Å². The molecule has 4 aliphatic rings. The monoisotopic (exact) mass is 652 g/mol. The second kappa shape index (κ2) is 12.3. The first kappa shape index (κ1) is 31.1. The van der Waals surface area contributed by atoms with Crippen LogP contribution < -0.4 is 5.32 Å². The Labute approximate surface area is 274 Å². The number of carbonyl (C=O) groups excluding carboxylic acids is 2. The largest absolute Gasteiger partial charge is 0.357 e. The number of carbonyl (C=O) groups is 2. The summed E-state index contributed by atoms with van der Waals surface area (Å²) in [5.74, 6) is -0.148. The molecule has 2 unspecified atom stereocenters. The molecular formula is C34H36N8O4S. The molecule has 2 aromatic heterocycles. The Morgan fingerprint density at radius 3 is 2.00 bits per heavy atom. The van der Waals surface area contributed by atoms with E-state index in [1.165, 1.54) is 6.08 Å². The molecule has 47 heavy (non-hydrogen) atoms. The van der Waals surface area contributed by atoms with Crippen molar-refractivity contribution in [2.24, 2.45) is 11.8 Å². The highest BCUT2D eigenvalue weighted by atomic mass is 32.2. The Kier molecular flexibility index (Phi) is 8.13. The van der Waals surface area contributed by atoms with Crippen LogP contribution in [0.1, 0.15) is 27.0 Å². The maximum Gasteiger partial charge on any atom is 0.282 e. The number of fused-ring (bicyclic) bond motifs is 1. The van der Waals surface area contributed by atoms with Crippen molar-refractivity contribution in [3.8, 4) is 6.07 Å². The lowest BCUT2D eigenvalue weighted by molar-refractivity contribution is -0.132. The number of nitrogens with one attached hydrogen (secondary N) is 1. The van der Waals surface area contributed by atoms with Crippen LogP contribution in [-0.4, -0.2) is 106 Å². The number of nitrogens with zero attached hydrogens (tertiary/aromatic N) is 7. The van der Waals surface area contributed by atoms with Gasteiger partial charge in [0.1, 0.15) is 11.4 Å². The van der Waals surface area contributed by atoms with E-state index in [0.29, 0.717) is 69.1 Å². The Morgan fingerprint density at radius 1 is 0.915 bits per heavy atom. The van der Waals surface area contributed by atoms with Gasteiger partial charge in [-0.2, -0.15) is 22.3 Å². The summed E-state index contributed by atoms with van der Waals surface area (Å²) >= 11 is 0. The van der Waals surface area contributed by atoms with Crippen LogP contribution >= 0.6 is 0 Å². The van der Waals surface area contributed by atoms with Gasteiger partial charge in [-0.25, -0.2) is 0 Å². The molecule has 5 heterocycles. The third kappa shape index (κ3) is 5.94. The second-order valence-corrected chi connectivity index (χ2v) is 14.8. The molecular weight excluding hydrogens is 616 g/mol. The number of hydrogen-bond acceptors (Lipinski definition) is 9. The molecule has 1 saturated carbocycles. The van der Waals surface area contributed by atoms with Gasteiger partial charge in [0.05, 0.1) is 11.6 Å². The zero-order chi connectivity index (χ0) is 32.8. The van der Waals surface area contributed by atoms with Gasteiger partial charge >= 0.3 is 0 Å². The standard InChI is InChI=1S/C34H36N8O4S/c1-39-14-16-40(17-15-39)47(45,46)41-22-28-29(23-41)32(28)42-31(18-30(43)27-4-2-26(21-35)3-5-27)38-34(33(42)44,19-24-6-10-36-11-7-24)20-25-8-12-37-13-9-25/h2-13,18,28-29,32,38H,14-17,19-20,22-23H2,1H3. The maximum atomic E-state index is 14.8. The van der Waals surface area contributed by atoms with Gasteiger partial charge in [-0.05, 0) is 66.7 Å². The van der Waals surface area contributed by atoms with Gasteiger partial charge in [-0.1, -0.05) is 0 Å². The number of nitriles is 1. The molecule has 13 heteroatoms.